The van der Waals surface area contributed by atoms with E-state index in [-0.39, 0.29) is 0 Å². The van der Waals surface area contributed by atoms with Crippen LogP contribution in [0.5, 0.6) is 11.5 Å². The van der Waals surface area contributed by atoms with E-state index in [2.05, 4.69) is 71.5 Å². The molecule has 0 aromatic heterocycles. The molecular formula is C34H28N2O2. The van der Waals surface area contributed by atoms with E-state index in [0.717, 1.165) is 45.6 Å². The van der Waals surface area contributed by atoms with Crippen LogP contribution in [0.3, 0.4) is 0 Å². The van der Waals surface area contributed by atoms with Crippen molar-refractivity contribution >= 4 is 34.1 Å². The Bertz CT molecular complexity index is 1370. The SMILES string of the molecule is C=COc1ccc(N(c2ccccc2)c2cccc(N(c3ccccc3)c3ccc(OC=C)cc3)c2)cc1. The maximum Gasteiger partial charge on any atom is 0.126 e. The molecule has 0 saturated carbocycles. The Morgan fingerprint density at radius 2 is 0.737 bits per heavy atom. The van der Waals surface area contributed by atoms with Crippen molar-refractivity contribution in [2.24, 2.45) is 0 Å². The number of anilines is 6. The molecule has 0 atom stereocenters. The van der Waals surface area contributed by atoms with E-state index in [1.807, 2.05) is 84.9 Å². The number of benzene rings is 5. The van der Waals surface area contributed by atoms with E-state index in [0.29, 0.717) is 0 Å². The van der Waals surface area contributed by atoms with Crippen molar-refractivity contribution in [3.8, 4) is 11.5 Å². The summed E-state index contributed by atoms with van der Waals surface area (Å²) in [5.74, 6) is 1.48. The van der Waals surface area contributed by atoms with Gasteiger partial charge in [0.1, 0.15) is 11.5 Å². The van der Waals surface area contributed by atoms with Crippen LogP contribution in [-0.4, -0.2) is 0 Å². The van der Waals surface area contributed by atoms with Crippen LogP contribution in [0.2, 0.25) is 0 Å². The summed E-state index contributed by atoms with van der Waals surface area (Å²) in [7, 11) is 0. The van der Waals surface area contributed by atoms with Gasteiger partial charge < -0.3 is 19.3 Å². The van der Waals surface area contributed by atoms with Crippen molar-refractivity contribution < 1.29 is 9.47 Å². The molecule has 0 unspecified atom stereocenters. The molecule has 0 radical (unpaired) electrons. The van der Waals surface area contributed by atoms with Gasteiger partial charge in [0.15, 0.2) is 0 Å². The lowest BCUT2D eigenvalue weighted by Gasteiger charge is -2.29. The van der Waals surface area contributed by atoms with Gasteiger partial charge in [0.2, 0.25) is 0 Å². The second kappa shape index (κ2) is 11.7. The monoisotopic (exact) mass is 496 g/mol. The molecule has 0 saturated heterocycles. The largest absolute Gasteiger partial charge is 0.466 e. The fourth-order valence-corrected chi connectivity index (χ4v) is 4.36. The van der Waals surface area contributed by atoms with Gasteiger partial charge in [0, 0.05) is 34.1 Å². The summed E-state index contributed by atoms with van der Waals surface area (Å²) in [6.07, 6.45) is 2.86. The molecule has 38 heavy (non-hydrogen) atoms. The summed E-state index contributed by atoms with van der Waals surface area (Å²) in [5, 5.41) is 0. The number of para-hydroxylation sites is 2. The third kappa shape index (κ3) is 5.45. The highest BCUT2D eigenvalue weighted by molar-refractivity contribution is 5.83. The summed E-state index contributed by atoms with van der Waals surface area (Å²) in [5.41, 5.74) is 6.19. The van der Waals surface area contributed by atoms with Gasteiger partial charge in [-0.3, -0.25) is 0 Å². The van der Waals surface area contributed by atoms with Gasteiger partial charge in [-0.05, 0) is 91.0 Å². The summed E-state index contributed by atoms with van der Waals surface area (Å²) < 4.78 is 10.9. The van der Waals surface area contributed by atoms with Crippen LogP contribution in [-0.2, 0) is 0 Å². The molecule has 4 nitrogen and oxygen atoms in total. The topological polar surface area (TPSA) is 24.9 Å². The van der Waals surface area contributed by atoms with Gasteiger partial charge in [-0.1, -0.05) is 55.6 Å². The van der Waals surface area contributed by atoms with Crippen molar-refractivity contribution in [1.82, 2.24) is 0 Å². The van der Waals surface area contributed by atoms with Gasteiger partial charge in [-0.25, -0.2) is 0 Å². The molecule has 0 aliphatic heterocycles. The minimum Gasteiger partial charge on any atom is -0.466 e. The van der Waals surface area contributed by atoms with E-state index in [1.54, 1.807) is 0 Å². The molecular weight excluding hydrogens is 468 g/mol. The molecule has 0 fully saturated rings. The molecule has 0 spiro atoms. The number of ether oxygens (including phenoxy) is 2. The van der Waals surface area contributed by atoms with E-state index in [1.165, 1.54) is 12.5 Å². The molecule has 0 bridgehead atoms. The van der Waals surface area contributed by atoms with Gasteiger partial charge in [0.05, 0.1) is 12.5 Å². The fraction of sp³-hybridized carbons (Fsp3) is 0. The third-order valence-electron chi connectivity index (χ3n) is 6.00. The quantitative estimate of drug-likeness (QED) is 0.180. The van der Waals surface area contributed by atoms with Crippen molar-refractivity contribution in [3.05, 3.63) is 159 Å². The van der Waals surface area contributed by atoms with E-state index < -0.39 is 0 Å². The lowest BCUT2D eigenvalue weighted by Crippen LogP contribution is -2.13. The van der Waals surface area contributed by atoms with Crippen LogP contribution in [0.15, 0.2) is 159 Å². The normalized spacial score (nSPS) is 10.3. The molecule has 0 N–H and O–H groups in total. The zero-order valence-electron chi connectivity index (χ0n) is 21.0. The van der Waals surface area contributed by atoms with Crippen molar-refractivity contribution in [3.63, 3.8) is 0 Å². The van der Waals surface area contributed by atoms with Crippen molar-refractivity contribution in [2.45, 2.75) is 0 Å². The Morgan fingerprint density at radius 1 is 0.395 bits per heavy atom. The number of rotatable bonds is 10. The van der Waals surface area contributed by atoms with Crippen LogP contribution < -0.4 is 19.3 Å². The predicted molar refractivity (Wildman–Crippen MR) is 157 cm³/mol. The zero-order chi connectivity index (χ0) is 26.2. The van der Waals surface area contributed by atoms with Crippen LogP contribution in [0, 0.1) is 0 Å². The maximum absolute atomic E-state index is 5.45. The van der Waals surface area contributed by atoms with Gasteiger partial charge in [0.25, 0.3) is 0 Å². The van der Waals surface area contributed by atoms with Crippen LogP contribution >= 0.6 is 0 Å². The van der Waals surface area contributed by atoms with E-state index >= 15 is 0 Å². The van der Waals surface area contributed by atoms with E-state index in [9.17, 15) is 0 Å². The summed E-state index contributed by atoms with van der Waals surface area (Å²) in [4.78, 5) is 4.46. The second-order valence-corrected chi connectivity index (χ2v) is 8.42. The Morgan fingerprint density at radius 3 is 1.11 bits per heavy atom. The number of hydrogen-bond donors (Lipinski definition) is 0. The Labute approximate surface area is 223 Å². The highest BCUT2D eigenvalue weighted by Gasteiger charge is 2.17. The lowest BCUT2D eigenvalue weighted by molar-refractivity contribution is 0.483. The predicted octanol–water partition coefficient (Wildman–Crippen LogP) is 9.67. The smallest absolute Gasteiger partial charge is 0.126 e. The van der Waals surface area contributed by atoms with Crippen molar-refractivity contribution in [2.75, 3.05) is 9.80 Å². The highest BCUT2D eigenvalue weighted by atomic mass is 16.5. The molecule has 5 aromatic carbocycles. The summed E-state index contributed by atoms with van der Waals surface area (Å²) in [6, 6.07) is 45.1. The third-order valence-corrected chi connectivity index (χ3v) is 6.00. The van der Waals surface area contributed by atoms with Gasteiger partial charge >= 0.3 is 0 Å². The zero-order valence-corrected chi connectivity index (χ0v) is 21.0. The molecule has 5 rings (SSSR count). The highest BCUT2D eigenvalue weighted by Crippen LogP contribution is 2.40. The number of hydrogen-bond acceptors (Lipinski definition) is 4. The summed E-state index contributed by atoms with van der Waals surface area (Å²) >= 11 is 0. The fourth-order valence-electron chi connectivity index (χ4n) is 4.36. The summed E-state index contributed by atoms with van der Waals surface area (Å²) in [6.45, 7) is 7.30. The Hall–Kier alpha value is -5.22. The average molecular weight is 497 g/mol. The van der Waals surface area contributed by atoms with E-state index in [4.69, 9.17) is 9.47 Å². The van der Waals surface area contributed by atoms with Crippen LogP contribution in [0.1, 0.15) is 0 Å². The van der Waals surface area contributed by atoms with Crippen LogP contribution in [0.25, 0.3) is 0 Å². The molecule has 5 aromatic rings. The first-order chi connectivity index (χ1) is 18.8. The molecule has 4 heteroatoms. The first kappa shape index (κ1) is 24.5. The molecule has 0 heterocycles. The van der Waals surface area contributed by atoms with Gasteiger partial charge in [-0.2, -0.15) is 0 Å². The average Bonchev–Trinajstić information content (AvgIpc) is 2.97. The molecule has 186 valence electrons. The number of nitrogens with zero attached hydrogens (tertiary/aromatic N) is 2. The minimum absolute atomic E-state index is 0.740. The standard InChI is InChI=1S/C34H28N2O2/c1-3-37-33-22-18-29(19-23-33)35(27-12-7-5-8-13-27)31-16-11-17-32(26-31)36(28-14-9-6-10-15-28)30-20-24-34(25-21-30)38-4-2/h3-26H,1-2H2. The Kier molecular flexibility index (Phi) is 7.52. The Balaban J connectivity index is 1.60. The molecule has 0 aliphatic rings. The second-order valence-electron chi connectivity index (χ2n) is 8.42. The first-order valence-electron chi connectivity index (χ1n) is 12.3. The lowest BCUT2D eigenvalue weighted by atomic mass is 10.1. The molecule has 0 amide bonds. The van der Waals surface area contributed by atoms with Crippen molar-refractivity contribution in [1.29, 1.82) is 0 Å². The minimum atomic E-state index is 0.740. The molecule has 0 aliphatic carbocycles. The van der Waals surface area contributed by atoms with Crippen LogP contribution in [0.4, 0.5) is 34.1 Å². The van der Waals surface area contributed by atoms with Gasteiger partial charge in [-0.15, -0.1) is 0 Å². The maximum atomic E-state index is 5.45. The first-order valence-corrected chi connectivity index (χ1v) is 12.3.